The SMILES string of the molecule is CC(C)(C)C(=O)Nc1ccccc1C(=O)NCC(O)C(C)(C)C. The van der Waals surface area contributed by atoms with E-state index in [9.17, 15) is 14.7 Å². The molecule has 0 radical (unpaired) electrons. The fourth-order valence-electron chi connectivity index (χ4n) is 1.69. The Morgan fingerprint density at radius 3 is 2.17 bits per heavy atom. The molecule has 0 bridgehead atoms. The summed E-state index contributed by atoms with van der Waals surface area (Å²) in [6.45, 7) is 11.3. The van der Waals surface area contributed by atoms with Crippen molar-refractivity contribution in [3.05, 3.63) is 29.8 Å². The van der Waals surface area contributed by atoms with E-state index in [1.54, 1.807) is 24.3 Å². The zero-order valence-electron chi connectivity index (χ0n) is 14.9. The van der Waals surface area contributed by atoms with Gasteiger partial charge in [0.1, 0.15) is 0 Å². The lowest BCUT2D eigenvalue weighted by atomic mass is 9.89. The fraction of sp³-hybridized carbons (Fsp3) is 0.556. The van der Waals surface area contributed by atoms with Crippen LogP contribution in [0.15, 0.2) is 24.3 Å². The van der Waals surface area contributed by atoms with Gasteiger partial charge in [-0.1, -0.05) is 53.7 Å². The summed E-state index contributed by atoms with van der Waals surface area (Å²) >= 11 is 0. The summed E-state index contributed by atoms with van der Waals surface area (Å²) in [6, 6.07) is 6.84. The molecule has 23 heavy (non-hydrogen) atoms. The highest BCUT2D eigenvalue weighted by molar-refractivity contribution is 6.04. The van der Waals surface area contributed by atoms with Gasteiger partial charge in [0.2, 0.25) is 5.91 Å². The largest absolute Gasteiger partial charge is 0.391 e. The quantitative estimate of drug-likeness (QED) is 0.798. The van der Waals surface area contributed by atoms with Gasteiger partial charge in [0.15, 0.2) is 0 Å². The van der Waals surface area contributed by atoms with Gasteiger partial charge in [-0.25, -0.2) is 0 Å². The molecule has 1 atom stereocenters. The van der Waals surface area contributed by atoms with Crippen molar-refractivity contribution in [1.82, 2.24) is 5.32 Å². The monoisotopic (exact) mass is 320 g/mol. The first kappa shape index (κ1) is 19.2. The van der Waals surface area contributed by atoms with E-state index in [4.69, 9.17) is 0 Å². The van der Waals surface area contributed by atoms with Gasteiger partial charge in [-0.3, -0.25) is 9.59 Å². The predicted octanol–water partition coefficient (Wildman–Crippen LogP) is 2.81. The molecule has 2 amide bonds. The zero-order chi connectivity index (χ0) is 17.8. The smallest absolute Gasteiger partial charge is 0.253 e. The maximum Gasteiger partial charge on any atom is 0.253 e. The summed E-state index contributed by atoms with van der Waals surface area (Å²) in [6.07, 6.45) is -0.650. The molecular formula is C18H28N2O3. The number of carbonyl (C=O) groups is 2. The van der Waals surface area contributed by atoms with Crippen LogP contribution in [0.5, 0.6) is 0 Å². The van der Waals surface area contributed by atoms with Crippen molar-refractivity contribution in [2.75, 3.05) is 11.9 Å². The molecule has 1 rings (SSSR count). The molecule has 0 fully saturated rings. The molecule has 5 heteroatoms. The number of para-hydroxylation sites is 1. The minimum absolute atomic E-state index is 0.157. The first-order valence-electron chi connectivity index (χ1n) is 7.79. The molecule has 0 aliphatic rings. The van der Waals surface area contributed by atoms with Crippen molar-refractivity contribution in [2.24, 2.45) is 10.8 Å². The highest BCUT2D eigenvalue weighted by atomic mass is 16.3. The van der Waals surface area contributed by atoms with E-state index in [1.807, 2.05) is 41.5 Å². The van der Waals surface area contributed by atoms with Crippen LogP contribution >= 0.6 is 0 Å². The molecule has 3 N–H and O–H groups in total. The number of hydrogen-bond acceptors (Lipinski definition) is 3. The van der Waals surface area contributed by atoms with Gasteiger partial charge in [-0.15, -0.1) is 0 Å². The highest BCUT2D eigenvalue weighted by Gasteiger charge is 2.25. The van der Waals surface area contributed by atoms with Crippen LogP contribution in [-0.2, 0) is 4.79 Å². The van der Waals surface area contributed by atoms with Crippen LogP contribution in [0.3, 0.4) is 0 Å². The summed E-state index contributed by atoms with van der Waals surface area (Å²) in [5, 5.41) is 15.5. The second-order valence-corrected chi connectivity index (χ2v) is 7.84. The van der Waals surface area contributed by atoms with Crippen LogP contribution < -0.4 is 10.6 Å². The van der Waals surface area contributed by atoms with Crippen LogP contribution in [0.4, 0.5) is 5.69 Å². The average molecular weight is 320 g/mol. The molecular weight excluding hydrogens is 292 g/mol. The number of nitrogens with one attached hydrogen (secondary N) is 2. The summed E-state index contributed by atoms with van der Waals surface area (Å²) in [4.78, 5) is 24.5. The zero-order valence-corrected chi connectivity index (χ0v) is 14.9. The Morgan fingerprint density at radius 2 is 1.65 bits per heavy atom. The summed E-state index contributed by atoms with van der Waals surface area (Å²) in [7, 11) is 0. The first-order chi connectivity index (χ1) is 10.4. The highest BCUT2D eigenvalue weighted by Crippen LogP contribution is 2.21. The molecule has 0 saturated heterocycles. The van der Waals surface area contributed by atoms with E-state index in [0.29, 0.717) is 11.3 Å². The third-order valence-corrected chi connectivity index (χ3v) is 3.56. The Kier molecular flexibility index (Phi) is 5.94. The second-order valence-electron chi connectivity index (χ2n) is 7.84. The number of benzene rings is 1. The van der Waals surface area contributed by atoms with Crippen molar-refractivity contribution < 1.29 is 14.7 Å². The Hall–Kier alpha value is -1.88. The van der Waals surface area contributed by atoms with E-state index in [1.165, 1.54) is 0 Å². The Balaban J connectivity index is 2.84. The third-order valence-electron chi connectivity index (χ3n) is 3.56. The van der Waals surface area contributed by atoms with Crippen LogP contribution in [0.2, 0.25) is 0 Å². The number of aliphatic hydroxyl groups excluding tert-OH is 1. The topological polar surface area (TPSA) is 78.4 Å². The number of amides is 2. The van der Waals surface area contributed by atoms with Gasteiger partial charge in [-0.2, -0.15) is 0 Å². The average Bonchev–Trinajstić information content (AvgIpc) is 2.42. The molecule has 1 aromatic rings. The number of hydrogen-bond donors (Lipinski definition) is 3. The fourth-order valence-corrected chi connectivity index (χ4v) is 1.69. The lowest BCUT2D eigenvalue weighted by molar-refractivity contribution is -0.123. The molecule has 0 saturated carbocycles. The van der Waals surface area contributed by atoms with Crippen molar-refractivity contribution in [2.45, 2.75) is 47.6 Å². The molecule has 1 aromatic carbocycles. The molecule has 0 aliphatic heterocycles. The Bertz CT molecular complexity index is 568. The van der Waals surface area contributed by atoms with Gasteiger partial charge in [0.05, 0.1) is 17.4 Å². The summed E-state index contributed by atoms with van der Waals surface area (Å²) in [5.74, 6) is -0.481. The number of carbonyl (C=O) groups excluding carboxylic acids is 2. The number of rotatable bonds is 4. The van der Waals surface area contributed by atoms with Crippen molar-refractivity contribution >= 4 is 17.5 Å². The second kappa shape index (κ2) is 7.13. The van der Waals surface area contributed by atoms with Gasteiger partial charge >= 0.3 is 0 Å². The van der Waals surface area contributed by atoms with Crippen molar-refractivity contribution in [3.63, 3.8) is 0 Å². The standard InChI is InChI=1S/C18H28N2O3/c1-17(2,3)14(21)11-19-15(22)12-9-7-8-10-13(12)20-16(23)18(4,5)6/h7-10,14,21H,11H2,1-6H3,(H,19,22)(H,20,23). The minimum Gasteiger partial charge on any atom is -0.391 e. The van der Waals surface area contributed by atoms with E-state index in [-0.39, 0.29) is 23.8 Å². The van der Waals surface area contributed by atoms with E-state index in [2.05, 4.69) is 10.6 Å². The lowest BCUT2D eigenvalue weighted by Crippen LogP contribution is -2.39. The maximum atomic E-state index is 12.4. The van der Waals surface area contributed by atoms with Crippen LogP contribution in [0, 0.1) is 10.8 Å². The molecule has 128 valence electrons. The predicted molar refractivity (Wildman–Crippen MR) is 92.3 cm³/mol. The van der Waals surface area contributed by atoms with E-state index >= 15 is 0 Å². The normalized spacial score (nSPS) is 13.3. The van der Waals surface area contributed by atoms with Crippen LogP contribution in [-0.4, -0.2) is 29.6 Å². The van der Waals surface area contributed by atoms with Crippen molar-refractivity contribution in [1.29, 1.82) is 0 Å². The van der Waals surface area contributed by atoms with Gasteiger partial charge in [0.25, 0.3) is 5.91 Å². The number of aliphatic hydroxyl groups is 1. The number of anilines is 1. The molecule has 1 unspecified atom stereocenters. The lowest BCUT2D eigenvalue weighted by Gasteiger charge is -2.26. The molecule has 0 spiro atoms. The van der Waals surface area contributed by atoms with Gasteiger partial charge < -0.3 is 15.7 Å². The summed E-state index contributed by atoms with van der Waals surface area (Å²) in [5.41, 5.74) is -0.0133. The minimum atomic E-state index is -0.650. The van der Waals surface area contributed by atoms with E-state index < -0.39 is 11.5 Å². The molecule has 5 nitrogen and oxygen atoms in total. The maximum absolute atomic E-state index is 12.4. The first-order valence-corrected chi connectivity index (χ1v) is 7.79. The van der Waals surface area contributed by atoms with Gasteiger partial charge in [-0.05, 0) is 17.5 Å². The van der Waals surface area contributed by atoms with E-state index in [0.717, 1.165) is 0 Å². The molecule has 0 heterocycles. The Labute approximate surface area is 138 Å². The van der Waals surface area contributed by atoms with Crippen LogP contribution in [0.25, 0.3) is 0 Å². The Morgan fingerprint density at radius 1 is 1.09 bits per heavy atom. The molecule has 0 aromatic heterocycles. The summed E-state index contributed by atoms with van der Waals surface area (Å²) < 4.78 is 0. The van der Waals surface area contributed by atoms with Gasteiger partial charge in [0, 0.05) is 12.0 Å². The van der Waals surface area contributed by atoms with Crippen LogP contribution in [0.1, 0.15) is 51.9 Å². The van der Waals surface area contributed by atoms with Crippen molar-refractivity contribution in [3.8, 4) is 0 Å². The third kappa shape index (κ3) is 5.67. The molecule has 0 aliphatic carbocycles.